The first-order valence-corrected chi connectivity index (χ1v) is 11.1. The summed E-state index contributed by atoms with van der Waals surface area (Å²) in [6.07, 6.45) is 12.3. The molecule has 4 bridgehead atoms. The van der Waals surface area contributed by atoms with E-state index in [9.17, 15) is 4.79 Å². The van der Waals surface area contributed by atoms with Gasteiger partial charge in [-0.3, -0.25) is 9.69 Å². The monoisotopic (exact) mass is 344 g/mol. The third kappa shape index (κ3) is 3.15. The van der Waals surface area contributed by atoms with Crippen molar-refractivity contribution in [2.45, 2.75) is 89.8 Å². The zero-order chi connectivity index (χ0) is 17.1. The molecule has 1 saturated heterocycles. The lowest BCUT2D eigenvalue weighted by Gasteiger charge is -2.38. The Morgan fingerprint density at radius 3 is 2.32 bits per heavy atom. The highest BCUT2D eigenvalue weighted by Gasteiger charge is 2.50. The minimum absolute atomic E-state index is 0.179. The molecule has 1 heterocycles. The lowest BCUT2D eigenvalue weighted by molar-refractivity contribution is -0.129. The summed E-state index contributed by atoms with van der Waals surface area (Å²) in [7, 11) is 0. The molecule has 6 unspecified atom stereocenters. The Morgan fingerprint density at radius 2 is 1.64 bits per heavy atom. The quantitative estimate of drug-likeness (QED) is 0.841. The van der Waals surface area contributed by atoms with Crippen molar-refractivity contribution in [1.82, 2.24) is 10.2 Å². The minimum atomic E-state index is 0.179. The maximum atomic E-state index is 13.2. The van der Waals surface area contributed by atoms with E-state index < -0.39 is 0 Å². The molecule has 3 nitrogen and oxygen atoms in total. The molecule has 0 aromatic heterocycles. The van der Waals surface area contributed by atoms with Crippen LogP contribution < -0.4 is 5.32 Å². The van der Waals surface area contributed by atoms with E-state index in [1.54, 1.807) is 0 Å². The highest BCUT2D eigenvalue weighted by molar-refractivity contribution is 5.83. The smallest absolute Gasteiger partial charge is 0.237 e. The standard InChI is InChI=1S/C22H36N2O/c1-13(2)12-24-20-4-3-16(11-20)21(24)22(25)23-19-8-14-5-15(9-19)7-18-10-17(18)6-14/h13-21H,3-12H2,1-2H3,(H,23,25)/t14?,15?,16?,17?,18?,19?,20?,21-/m1/s1. The molecule has 5 aliphatic rings. The molecule has 4 saturated carbocycles. The number of hydrogen-bond donors (Lipinski definition) is 1. The molecule has 0 spiro atoms. The van der Waals surface area contributed by atoms with E-state index >= 15 is 0 Å². The van der Waals surface area contributed by atoms with E-state index in [0.717, 1.165) is 30.2 Å². The average Bonchev–Trinajstić information content (AvgIpc) is 2.99. The van der Waals surface area contributed by atoms with Gasteiger partial charge in [0.2, 0.25) is 5.91 Å². The molecular formula is C22H36N2O. The van der Waals surface area contributed by atoms with Gasteiger partial charge in [0.05, 0.1) is 6.04 Å². The van der Waals surface area contributed by atoms with Crippen LogP contribution in [-0.2, 0) is 4.79 Å². The van der Waals surface area contributed by atoms with Crippen LogP contribution in [0.15, 0.2) is 0 Å². The zero-order valence-electron chi connectivity index (χ0n) is 16.1. The number of rotatable bonds is 4. The topological polar surface area (TPSA) is 32.3 Å². The number of carbonyl (C=O) groups is 1. The summed E-state index contributed by atoms with van der Waals surface area (Å²) in [6.45, 7) is 5.68. The number of hydrogen-bond acceptors (Lipinski definition) is 2. The van der Waals surface area contributed by atoms with Gasteiger partial charge in [-0.15, -0.1) is 0 Å². The van der Waals surface area contributed by atoms with Gasteiger partial charge in [-0.25, -0.2) is 0 Å². The molecule has 1 N–H and O–H groups in total. The van der Waals surface area contributed by atoms with Crippen molar-refractivity contribution in [3.8, 4) is 0 Å². The molecule has 140 valence electrons. The third-order valence-electron chi connectivity index (χ3n) is 8.15. The number of nitrogens with one attached hydrogen (secondary N) is 1. The summed E-state index contributed by atoms with van der Waals surface area (Å²) in [5.41, 5.74) is 0. The Morgan fingerprint density at radius 1 is 0.920 bits per heavy atom. The highest BCUT2D eigenvalue weighted by atomic mass is 16.2. The van der Waals surface area contributed by atoms with Crippen molar-refractivity contribution in [2.24, 2.45) is 35.5 Å². The Kier molecular flexibility index (Phi) is 4.15. The maximum Gasteiger partial charge on any atom is 0.237 e. The summed E-state index contributed by atoms with van der Waals surface area (Å²) in [5.74, 6) is 5.55. The molecule has 7 atom stereocenters. The van der Waals surface area contributed by atoms with E-state index in [0.29, 0.717) is 29.8 Å². The van der Waals surface area contributed by atoms with Crippen molar-refractivity contribution in [2.75, 3.05) is 6.54 Å². The van der Waals surface area contributed by atoms with Gasteiger partial charge in [0.1, 0.15) is 0 Å². The number of fused-ring (bicyclic) bond motifs is 5. The van der Waals surface area contributed by atoms with E-state index in [1.807, 2.05) is 0 Å². The van der Waals surface area contributed by atoms with Gasteiger partial charge in [-0.1, -0.05) is 13.8 Å². The van der Waals surface area contributed by atoms with E-state index in [1.165, 1.54) is 57.8 Å². The van der Waals surface area contributed by atoms with E-state index in [-0.39, 0.29) is 6.04 Å². The molecule has 1 aliphatic heterocycles. The lowest BCUT2D eigenvalue weighted by atomic mass is 9.76. The number of piperidine rings is 1. The fourth-order valence-electron chi connectivity index (χ4n) is 7.22. The first-order valence-electron chi connectivity index (χ1n) is 11.1. The summed E-state index contributed by atoms with van der Waals surface area (Å²) in [6, 6.07) is 1.33. The normalized spacial score (nSPS) is 48.3. The fourth-order valence-corrected chi connectivity index (χ4v) is 7.22. The Hall–Kier alpha value is -0.570. The van der Waals surface area contributed by atoms with E-state index in [4.69, 9.17) is 0 Å². The van der Waals surface area contributed by atoms with Crippen molar-refractivity contribution in [1.29, 1.82) is 0 Å². The van der Waals surface area contributed by atoms with Crippen LogP contribution in [0.4, 0.5) is 0 Å². The number of nitrogens with zero attached hydrogens (tertiary/aromatic N) is 1. The number of amides is 1. The highest BCUT2D eigenvalue weighted by Crippen LogP contribution is 2.54. The Balaban J connectivity index is 1.24. The SMILES string of the molecule is CC(C)CN1C2CCC(C2)[C@@H]1C(=O)NC1CC2CC(C1)CC1CC1C2. The predicted molar refractivity (Wildman–Crippen MR) is 100 cm³/mol. The molecule has 5 rings (SSSR count). The molecule has 0 radical (unpaired) electrons. The maximum absolute atomic E-state index is 13.2. The second-order valence-corrected chi connectivity index (χ2v) is 10.6. The molecule has 5 fully saturated rings. The first-order chi connectivity index (χ1) is 12.1. The van der Waals surface area contributed by atoms with Gasteiger partial charge in [0.15, 0.2) is 0 Å². The number of likely N-dealkylation sites (tertiary alicyclic amines) is 1. The van der Waals surface area contributed by atoms with Crippen LogP contribution in [0.1, 0.15) is 71.6 Å². The zero-order valence-corrected chi connectivity index (χ0v) is 16.1. The second kappa shape index (κ2) is 6.25. The summed E-state index contributed by atoms with van der Waals surface area (Å²) >= 11 is 0. The van der Waals surface area contributed by atoms with Crippen LogP contribution in [0.25, 0.3) is 0 Å². The van der Waals surface area contributed by atoms with Gasteiger partial charge in [0, 0.05) is 18.6 Å². The van der Waals surface area contributed by atoms with Gasteiger partial charge in [-0.2, -0.15) is 0 Å². The molecule has 25 heavy (non-hydrogen) atoms. The third-order valence-corrected chi connectivity index (χ3v) is 8.15. The van der Waals surface area contributed by atoms with Crippen LogP contribution >= 0.6 is 0 Å². The minimum Gasteiger partial charge on any atom is -0.352 e. The van der Waals surface area contributed by atoms with Crippen molar-refractivity contribution in [3.05, 3.63) is 0 Å². The summed E-state index contributed by atoms with van der Waals surface area (Å²) < 4.78 is 0. The van der Waals surface area contributed by atoms with Crippen LogP contribution in [0, 0.1) is 35.5 Å². The molecule has 3 heteroatoms. The van der Waals surface area contributed by atoms with Gasteiger partial charge in [-0.05, 0) is 93.3 Å². The molecule has 0 aromatic rings. The van der Waals surface area contributed by atoms with Gasteiger partial charge in [0.25, 0.3) is 0 Å². The average molecular weight is 345 g/mol. The Bertz CT molecular complexity index is 510. The van der Waals surface area contributed by atoms with Crippen molar-refractivity contribution in [3.63, 3.8) is 0 Å². The molecular weight excluding hydrogens is 308 g/mol. The summed E-state index contributed by atoms with van der Waals surface area (Å²) in [5, 5.41) is 3.55. The van der Waals surface area contributed by atoms with Gasteiger partial charge < -0.3 is 5.32 Å². The predicted octanol–water partition coefficient (Wildman–Crippen LogP) is 3.83. The van der Waals surface area contributed by atoms with Gasteiger partial charge >= 0.3 is 0 Å². The Labute approximate surface area is 153 Å². The van der Waals surface area contributed by atoms with Crippen molar-refractivity contribution >= 4 is 5.91 Å². The molecule has 1 amide bonds. The van der Waals surface area contributed by atoms with E-state index in [2.05, 4.69) is 24.1 Å². The second-order valence-electron chi connectivity index (χ2n) is 10.6. The largest absolute Gasteiger partial charge is 0.352 e. The van der Waals surface area contributed by atoms with Crippen LogP contribution in [0.3, 0.4) is 0 Å². The van der Waals surface area contributed by atoms with Crippen LogP contribution in [-0.4, -0.2) is 35.5 Å². The van der Waals surface area contributed by atoms with Crippen LogP contribution in [0.2, 0.25) is 0 Å². The molecule has 0 aromatic carbocycles. The van der Waals surface area contributed by atoms with Crippen LogP contribution in [0.5, 0.6) is 0 Å². The molecule has 4 aliphatic carbocycles. The van der Waals surface area contributed by atoms with Crippen molar-refractivity contribution < 1.29 is 4.79 Å². The first kappa shape index (κ1) is 16.6. The summed E-state index contributed by atoms with van der Waals surface area (Å²) in [4.78, 5) is 15.8. The fraction of sp³-hybridized carbons (Fsp3) is 0.955. The lowest BCUT2D eigenvalue weighted by Crippen LogP contribution is -2.54. The number of carbonyl (C=O) groups excluding carboxylic acids is 1.